The summed E-state index contributed by atoms with van der Waals surface area (Å²) in [6.45, 7) is 2.41. The zero-order valence-corrected chi connectivity index (χ0v) is 14.0. The molecule has 0 radical (unpaired) electrons. The predicted octanol–water partition coefficient (Wildman–Crippen LogP) is 4.78. The van der Waals surface area contributed by atoms with Gasteiger partial charge in [-0.05, 0) is 6.42 Å². The van der Waals surface area contributed by atoms with Crippen LogP contribution < -0.4 is 5.32 Å². The minimum Gasteiger partial charge on any atom is -0.349 e. The van der Waals surface area contributed by atoms with Gasteiger partial charge in [-0.3, -0.25) is 4.79 Å². The van der Waals surface area contributed by atoms with Crippen molar-refractivity contribution in [3.63, 3.8) is 0 Å². The van der Waals surface area contributed by atoms with E-state index < -0.39 is 0 Å². The molecule has 0 bridgehead atoms. The topological polar surface area (TPSA) is 46.2 Å². The van der Waals surface area contributed by atoms with E-state index in [9.17, 15) is 9.59 Å². The Morgan fingerprint density at radius 2 is 1.19 bits per heavy atom. The summed E-state index contributed by atoms with van der Waals surface area (Å²) in [7, 11) is 0. The maximum absolute atomic E-state index is 11.2. The molecular formula is C18H35NO2. The lowest BCUT2D eigenvalue weighted by molar-refractivity contribution is -0.122. The fourth-order valence-corrected chi connectivity index (χ4v) is 2.55. The van der Waals surface area contributed by atoms with Crippen LogP contribution in [0.5, 0.6) is 0 Å². The Morgan fingerprint density at radius 3 is 1.62 bits per heavy atom. The molecule has 0 unspecified atom stereocenters. The molecule has 1 amide bonds. The lowest BCUT2D eigenvalue weighted by atomic mass is 10.0. The van der Waals surface area contributed by atoms with Gasteiger partial charge in [0.05, 0.1) is 6.54 Å². The fourth-order valence-electron chi connectivity index (χ4n) is 2.55. The average molecular weight is 297 g/mol. The first-order chi connectivity index (χ1) is 10.3. The summed E-state index contributed by atoms with van der Waals surface area (Å²) >= 11 is 0. The molecule has 0 aromatic heterocycles. The highest BCUT2D eigenvalue weighted by molar-refractivity contribution is 5.78. The molecule has 0 saturated carbocycles. The van der Waals surface area contributed by atoms with Crippen LogP contribution in [0.1, 0.15) is 96.8 Å². The van der Waals surface area contributed by atoms with Crippen LogP contribution in [0.3, 0.4) is 0 Å². The third-order valence-electron chi connectivity index (χ3n) is 3.89. The van der Waals surface area contributed by atoms with Gasteiger partial charge in [-0.25, -0.2) is 0 Å². The van der Waals surface area contributed by atoms with Crippen molar-refractivity contribution >= 4 is 12.2 Å². The van der Waals surface area contributed by atoms with Gasteiger partial charge in [-0.1, -0.05) is 84.0 Å². The molecule has 0 aromatic rings. The Kier molecular flexibility index (Phi) is 16.5. The summed E-state index contributed by atoms with van der Waals surface area (Å²) in [4.78, 5) is 21.3. The van der Waals surface area contributed by atoms with Crippen LogP contribution in [0.2, 0.25) is 0 Å². The van der Waals surface area contributed by atoms with E-state index in [0.717, 1.165) is 19.1 Å². The molecule has 0 saturated heterocycles. The van der Waals surface area contributed by atoms with Gasteiger partial charge in [0.2, 0.25) is 5.91 Å². The highest BCUT2D eigenvalue weighted by atomic mass is 16.2. The number of hydrogen-bond donors (Lipinski definition) is 1. The minimum absolute atomic E-state index is 0.00479. The largest absolute Gasteiger partial charge is 0.349 e. The third-order valence-corrected chi connectivity index (χ3v) is 3.89. The smallest absolute Gasteiger partial charge is 0.220 e. The van der Waals surface area contributed by atoms with Gasteiger partial charge in [-0.2, -0.15) is 0 Å². The zero-order valence-electron chi connectivity index (χ0n) is 14.0. The van der Waals surface area contributed by atoms with Crippen molar-refractivity contribution in [2.75, 3.05) is 6.54 Å². The highest BCUT2D eigenvalue weighted by Gasteiger charge is 1.99. The van der Waals surface area contributed by atoms with E-state index in [0.29, 0.717) is 6.42 Å². The van der Waals surface area contributed by atoms with Crippen molar-refractivity contribution in [3.8, 4) is 0 Å². The molecule has 0 fully saturated rings. The second-order valence-corrected chi connectivity index (χ2v) is 5.96. The van der Waals surface area contributed by atoms with Crippen LogP contribution in [-0.2, 0) is 9.59 Å². The van der Waals surface area contributed by atoms with Crippen LogP contribution >= 0.6 is 0 Å². The zero-order chi connectivity index (χ0) is 15.6. The maximum Gasteiger partial charge on any atom is 0.220 e. The molecule has 3 nitrogen and oxygen atoms in total. The quantitative estimate of drug-likeness (QED) is 0.329. The van der Waals surface area contributed by atoms with Gasteiger partial charge in [0, 0.05) is 6.42 Å². The number of aldehydes is 1. The number of amides is 1. The van der Waals surface area contributed by atoms with E-state index in [1.807, 2.05) is 0 Å². The highest BCUT2D eigenvalue weighted by Crippen LogP contribution is 2.12. The van der Waals surface area contributed by atoms with Crippen molar-refractivity contribution in [2.45, 2.75) is 96.8 Å². The summed E-state index contributed by atoms with van der Waals surface area (Å²) in [5.74, 6) is 0.00479. The van der Waals surface area contributed by atoms with E-state index in [2.05, 4.69) is 12.2 Å². The van der Waals surface area contributed by atoms with Crippen LogP contribution in [0.25, 0.3) is 0 Å². The summed E-state index contributed by atoms with van der Waals surface area (Å²) in [5.41, 5.74) is 0. The fraction of sp³-hybridized carbons (Fsp3) is 0.889. The number of rotatable bonds is 16. The Labute approximate surface area is 131 Å². The molecule has 0 aliphatic heterocycles. The molecule has 1 N–H and O–H groups in total. The minimum atomic E-state index is 0.00479. The molecule has 124 valence electrons. The second kappa shape index (κ2) is 17.2. The molecule has 21 heavy (non-hydrogen) atoms. The molecule has 3 heteroatoms. The van der Waals surface area contributed by atoms with E-state index in [1.165, 1.54) is 70.6 Å². The molecule has 0 heterocycles. The van der Waals surface area contributed by atoms with Crippen LogP contribution in [0.15, 0.2) is 0 Å². The predicted molar refractivity (Wildman–Crippen MR) is 89.4 cm³/mol. The summed E-state index contributed by atoms with van der Waals surface area (Å²) in [5, 5.41) is 2.57. The van der Waals surface area contributed by atoms with Gasteiger partial charge in [0.15, 0.2) is 0 Å². The average Bonchev–Trinajstić information content (AvgIpc) is 2.49. The van der Waals surface area contributed by atoms with Gasteiger partial charge in [0.25, 0.3) is 0 Å². The molecule has 0 aromatic carbocycles. The van der Waals surface area contributed by atoms with Crippen LogP contribution in [0.4, 0.5) is 0 Å². The number of unbranched alkanes of at least 4 members (excludes halogenated alkanes) is 12. The summed E-state index contributed by atoms with van der Waals surface area (Å²) < 4.78 is 0. The third kappa shape index (κ3) is 17.1. The molecule has 0 rings (SSSR count). The van der Waals surface area contributed by atoms with Gasteiger partial charge in [0.1, 0.15) is 6.29 Å². The van der Waals surface area contributed by atoms with Crippen molar-refractivity contribution in [2.24, 2.45) is 0 Å². The normalized spacial score (nSPS) is 10.5. The van der Waals surface area contributed by atoms with Crippen molar-refractivity contribution in [1.29, 1.82) is 0 Å². The Bertz CT molecular complexity index is 241. The molecule has 0 atom stereocenters. The summed E-state index contributed by atoms with van der Waals surface area (Å²) in [6.07, 6.45) is 18.4. The van der Waals surface area contributed by atoms with Gasteiger partial charge >= 0.3 is 0 Å². The Morgan fingerprint density at radius 1 is 0.762 bits per heavy atom. The van der Waals surface area contributed by atoms with E-state index >= 15 is 0 Å². The lowest BCUT2D eigenvalue weighted by Crippen LogP contribution is -2.24. The number of carbonyl (C=O) groups excluding carboxylic acids is 2. The van der Waals surface area contributed by atoms with Crippen LogP contribution in [-0.4, -0.2) is 18.7 Å². The number of nitrogens with one attached hydrogen (secondary N) is 1. The molecular weight excluding hydrogens is 262 g/mol. The first-order valence-electron chi connectivity index (χ1n) is 9.01. The lowest BCUT2D eigenvalue weighted by Gasteiger charge is -2.03. The van der Waals surface area contributed by atoms with Gasteiger partial charge < -0.3 is 10.1 Å². The van der Waals surface area contributed by atoms with Crippen molar-refractivity contribution < 1.29 is 9.59 Å². The molecule has 0 aliphatic rings. The Balaban J connectivity index is 3.05. The monoisotopic (exact) mass is 297 g/mol. The number of carbonyl (C=O) groups is 2. The summed E-state index contributed by atoms with van der Waals surface area (Å²) in [6, 6.07) is 0. The van der Waals surface area contributed by atoms with Crippen molar-refractivity contribution in [3.05, 3.63) is 0 Å². The first kappa shape index (κ1) is 20.1. The molecule has 0 spiro atoms. The van der Waals surface area contributed by atoms with Gasteiger partial charge in [-0.15, -0.1) is 0 Å². The number of hydrogen-bond acceptors (Lipinski definition) is 2. The van der Waals surface area contributed by atoms with E-state index in [1.54, 1.807) is 0 Å². The SMILES string of the molecule is CCCCCCCCCCCCCCCC(=O)NCC=O. The second-order valence-electron chi connectivity index (χ2n) is 5.96. The standard InChI is InChI=1S/C18H35NO2/c1-2-3-4-5-6-7-8-9-10-11-12-13-14-15-18(21)19-16-17-20/h17H,2-16H2,1H3,(H,19,21). The van der Waals surface area contributed by atoms with E-state index in [4.69, 9.17) is 0 Å². The molecule has 0 aliphatic carbocycles. The Hall–Kier alpha value is -0.860. The van der Waals surface area contributed by atoms with E-state index in [-0.39, 0.29) is 12.5 Å². The first-order valence-corrected chi connectivity index (χ1v) is 9.01. The van der Waals surface area contributed by atoms with Crippen LogP contribution in [0, 0.1) is 0 Å². The van der Waals surface area contributed by atoms with Crippen molar-refractivity contribution in [1.82, 2.24) is 5.32 Å². The maximum atomic E-state index is 11.2.